The molecule has 0 unspecified atom stereocenters. The van der Waals surface area contributed by atoms with Gasteiger partial charge in [0.1, 0.15) is 5.56 Å². The van der Waals surface area contributed by atoms with Crippen LogP contribution in [0.5, 0.6) is 5.88 Å². The molecule has 0 aliphatic carbocycles. The van der Waals surface area contributed by atoms with Crippen molar-refractivity contribution in [2.45, 2.75) is 72.2 Å². The summed E-state index contributed by atoms with van der Waals surface area (Å²) in [5, 5.41) is 4.25. The van der Waals surface area contributed by atoms with Crippen molar-refractivity contribution < 1.29 is 22.7 Å². The molecule has 1 heterocycles. The monoisotopic (exact) mass is 460 g/mol. The molecule has 0 saturated carbocycles. The summed E-state index contributed by atoms with van der Waals surface area (Å²) in [4.78, 5) is 25.9. The number of carbonyl (C=O) groups is 2. The van der Waals surface area contributed by atoms with Crippen LogP contribution in [0, 0.1) is 6.92 Å². The van der Waals surface area contributed by atoms with E-state index in [1.165, 1.54) is 23.0 Å². The molecule has 0 saturated heterocycles. The van der Waals surface area contributed by atoms with Crippen molar-refractivity contribution in [2.24, 2.45) is 0 Å². The van der Waals surface area contributed by atoms with Crippen molar-refractivity contribution in [3.63, 3.8) is 0 Å². The maximum absolute atomic E-state index is 13.5. The van der Waals surface area contributed by atoms with E-state index in [9.17, 15) is 18.0 Å². The van der Waals surface area contributed by atoms with Crippen molar-refractivity contribution in [2.75, 3.05) is 6.26 Å². The van der Waals surface area contributed by atoms with Gasteiger partial charge < -0.3 is 4.74 Å². The molecule has 1 aromatic carbocycles. The highest BCUT2D eigenvalue weighted by atomic mass is 32.2. The van der Waals surface area contributed by atoms with E-state index < -0.39 is 15.8 Å². The van der Waals surface area contributed by atoms with Crippen LogP contribution in [-0.2, 0) is 21.2 Å². The van der Waals surface area contributed by atoms with Crippen molar-refractivity contribution in [1.82, 2.24) is 9.78 Å². The lowest BCUT2D eigenvalue weighted by Crippen LogP contribution is -2.15. The molecular formula is C24H32N2O5S. The Hall–Kier alpha value is -2.74. The van der Waals surface area contributed by atoms with Gasteiger partial charge in [0.2, 0.25) is 5.88 Å². The lowest BCUT2D eigenvalue weighted by Gasteiger charge is -2.17. The van der Waals surface area contributed by atoms with E-state index in [0.717, 1.165) is 23.8 Å². The molecule has 0 aliphatic heterocycles. The molecular weight excluding hydrogens is 428 g/mol. The van der Waals surface area contributed by atoms with Crippen LogP contribution in [0.15, 0.2) is 28.8 Å². The fourth-order valence-electron chi connectivity index (χ4n) is 3.47. The number of carbonyl (C=O) groups excluding carboxylic acids is 2. The van der Waals surface area contributed by atoms with Gasteiger partial charge in [-0.2, -0.15) is 5.10 Å². The number of rotatable bonds is 9. The number of sulfone groups is 1. The Bertz CT molecular complexity index is 1170. The highest BCUT2D eigenvalue weighted by Gasteiger charge is 2.27. The van der Waals surface area contributed by atoms with Gasteiger partial charge in [0.05, 0.1) is 11.1 Å². The minimum Gasteiger partial charge on any atom is -0.407 e. The Labute approximate surface area is 190 Å². The van der Waals surface area contributed by atoms with Crippen LogP contribution >= 0.6 is 0 Å². The smallest absolute Gasteiger partial charge is 0.312 e. The van der Waals surface area contributed by atoms with Crippen LogP contribution in [0.3, 0.4) is 0 Å². The molecule has 174 valence electrons. The maximum atomic E-state index is 13.5. The third kappa shape index (κ3) is 5.35. The number of ether oxygens (including phenoxy) is 1. The summed E-state index contributed by atoms with van der Waals surface area (Å²) in [5.41, 5.74) is 3.37. The van der Waals surface area contributed by atoms with E-state index in [-0.39, 0.29) is 28.5 Å². The zero-order chi connectivity index (χ0) is 24.2. The number of nitrogens with zero attached hydrogens (tertiary/aromatic N) is 2. The fourth-order valence-corrected chi connectivity index (χ4v) is 4.47. The Kier molecular flexibility index (Phi) is 8.18. The highest BCUT2D eigenvalue weighted by molar-refractivity contribution is 7.90. The highest BCUT2D eigenvalue weighted by Crippen LogP contribution is 2.33. The number of allylic oxidation sites excluding steroid dienone is 2. The average molecular weight is 461 g/mol. The predicted molar refractivity (Wildman–Crippen MR) is 125 cm³/mol. The summed E-state index contributed by atoms with van der Waals surface area (Å²) in [6.07, 6.45) is 4.17. The lowest BCUT2D eigenvalue weighted by molar-refractivity contribution is -0.134. The third-order valence-corrected chi connectivity index (χ3v) is 6.47. The normalized spacial score (nSPS) is 11.3. The van der Waals surface area contributed by atoms with Crippen molar-refractivity contribution in [3.8, 4) is 5.88 Å². The number of benzene rings is 1. The fraction of sp³-hybridized carbons (Fsp3) is 0.458. The average Bonchev–Trinajstić information content (AvgIpc) is 3.08. The molecule has 0 fully saturated rings. The number of esters is 1. The Morgan fingerprint density at radius 2 is 1.72 bits per heavy atom. The third-order valence-electron chi connectivity index (χ3n) is 5.33. The number of aryl methyl sites for hydroxylation is 1. The molecule has 2 aromatic rings. The molecule has 2 rings (SSSR count). The van der Waals surface area contributed by atoms with Gasteiger partial charge in [0, 0.05) is 24.8 Å². The van der Waals surface area contributed by atoms with Crippen molar-refractivity contribution in [3.05, 3.63) is 46.2 Å². The predicted octanol–water partition coefficient (Wildman–Crippen LogP) is 4.75. The molecule has 0 N–H and O–H groups in total. The first kappa shape index (κ1) is 25.5. The van der Waals surface area contributed by atoms with Crippen LogP contribution in [-0.4, -0.2) is 36.2 Å². The molecule has 0 atom stereocenters. The molecule has 0 bridgehead atoms. The number of hydrogen-bond acceptors (Lipinski definition) is 6. The van der Waals surface area contributed by atoms with Gasteiger partial charge in [-0.15, -0.1) is 0 Å². The van der Waals surface area contributed by atoms with Gasteiger partial charge >= 0.3 is 5.97 Å². The lowest BCUT2D eigenvalue weighted by atomic mass is 9.91. The van der Waals surface area contributed by atoms with Crippen LogP contribution in [0.4, 0.5) is 0 Å². The van der Waals surface area contributed by atoms with Gasteiger partial charge in [0.25, 0.3) is 0 Å². The van der Waals surface area contributed by atoms with E-state index in [4.69, 9.17) is 4.74 Å². The van der Waals surface area contributed by atoms with Gasteiger partial charge in [0.15, 0.2) is 15.6 Å². The number of aromatic nitrogens is 2. The summed E-state index contributed by atoms with van der Waals surface area (Å²) in [6.45, 7) is 11.7. The quantitative estimate of drug-likeness (QED) is 0.396. The molecule has 7 nitrogen and oxygen atoms in total. The van der Waals surface area contributed by atoms with Crippen molar-refractivity contribution >= 4 is 27.2 Å². The van der Waals surface area contributed by atoms with Crippen LogP contribution in [0.1, 0.15) is 80.9 Å². The molecule has 0 radical (unpaired) electrons. The largest absolute Gasteiger partial charge is 0.407 e. The molecule has 0 aliphatic rings. The van der Waals surface area contributed by atoms with E-state index in [1.807, 2.05) is 34.6 Å². The first-order chi connectivity index (χ1) is 14.9. The molecule has 0 amide bonds. The number of hydrogen-bond donors (Lipinski definition) is 0. The summed E-state index contributed by atoms with van der Waals surface area (Å²) >= 11 is 0. The second-order valence-electron chi connectivity index (χ2n) is 8.15. The van der Waals surface area contributed by atoms with Gasteiger partial charge in [-0.25, -0.2) is 13.1 Å². The van der Waals surface area contributed by atoms with E-state index >= 15 is 0 Å². The molecule has 8 heteroatoms. The summed E-state index contributed by atoms with van der Waals surface area (Å²) in [7, 11) is -3.51. The summed E-state index contributed by atoms with van der Waals surface area (Å²) < 4.78 is 31.9. The minimum absolute atomic E-state index is 0.127. The van der Waals surface area contributed by atoms with E-state index in [0.29, 0.717) is 29.7 Å². The van der Waals surface area contributed by atoms with E-state index in [2.05, 4.69) is 5.10 Å². The molecule has 32 heavy (non-hydrogen) atoms. The van der Waals surface area contributed by atoms with Crippen LogP contribution < -0.4 is 4.74 Å². The molecule has 1 aromatic heterocycles. The summed E-state index contributed by atoms with van der Waals surface area (Å²) in [5.74, 6) is -0.668. The van der Waals surface area contributed by atoms with E-state index in [1.54, 1.807) is 6.92 Å². The van der Waals surface area contributed by atoms with Gasteiger partial charge in [-0.3, -0.25) is 9.59 Å². The Morgan fingerprint density at radius 1 is 1.06 bits per heavy atom. The van der Waals surface area contributed by atoms with Crippen LogP contribution in [0.25, 0.3) is 5.57 Å². The summed E-state index contributed by atoms with van der Waals surface area (Å²) in [6, 6.07) is 2.99. The minimum atomic E-state index is -3.51. The topological polar surface area (TPSA) is 95.3 Å². The SMILES string of the molecule is CCCC(=O)Oc1c(C(=O)c2ccc(S(C)(=O)=O)c(C(C)=C(C)C)c2C)cnn1CCC. The van der Waals surface area contributed by atoms with Gasteiger partial charge in [-0.05, 0) is 69.4 Å². The first-order valence-electron chi connectivity index (χ1n) is 10.7. The maximum Gasteiger partial charge on any atom is 0.312 e. The zero-order valence-electron chi connectivity index (χ0n) is 19.9. The van der Waals surface area contributed by atoms with Gasteiger partial charge in [-0.1, -0.05) is 19.4 Å². The van der Waals surface area contributed by atoms with Crippen molar-refractivity contribution in [1.29, 1.82) is 0 Å². The zero-order valence-corrected chi connectivity index (χ0v) is 20.7. The standard InChI is InChI=1S/C24H32N2O5S/c1-8-10-21(27)31-24-19(14-25-26(24)13-9-2)23(28)18-11-12-20(32(7,29)30)22(17(18)6)16(5)15(3)4/h11-12,14H,8-10,13H2,1-7H3. The first-order valence-corrected chi connectivity index (χ1v) is 12.6. The second-order valence-corrected chi connectivity index (χ2v) is 10.1. The molecule has 0 spiro atoms. The second kappa shape index (κ2) is 10.3. The number of ketones is 1. The Morgan fingerprint density at radius 3 is 2.25 bits per heavy atom. The van der Waals surface area contributed by atoms with Crippen LogP contribution in [0.2, 0.25) is 0 Å². The Balaban J connectivity index is 2.70.